The fraction of sp³-hybridized carbons (Fsp3) is 0. The van der Waals surface area contributed by atoms with Crippen LogP contribution >= 0.6 is 7.14 Å². The van der Waals surface area contributed by atoms with E-state index in [1.807, 2.05) is 72.8 Å². The molecule has 35 heavy (non-hydrogen) atoms. The smallest absolute Gasteiger partial charge is 0.174 e. The molecule has 0 aliphatic carbocycles. The highest BCUT2D eigenvalue weighted by Gasteiger charge is 2.33. The van der Waals surface area contributed by atoms with E-state index < -0.39 is 7.14 Å². The van der Waals surface area contributed by atoms with Gasteiger partial charge in [-0.25, -0.2) is 4.98 Å². The van der Waals surface area contributed by atoms with E-state index in [9.17, 15) is 0 Å². The number of rotatable bonds is 3. The van der Waals surface area contributed by atoms with E-state index in [0.717, 1.165) is 49.0 Å². The molecule has 3 heterocycles. The Morgan fingerprint density at radius 2 is 1.34 bits per heavy atom. The van der Waals surface area contributed by atoms with Crippen LogP contribution < -0.4 is 15.9 Å². The van der Waals surface area contributed by atoms with Gasteiger partial charge in [-0.3, -0.25) is 9.38 Å². The normalized spacial score (nSPS) is 13.5. The maximum absolute atomic E-state index is 15.3. The number of pyridine rings is 2. The van der Waals surface area contributed by atoms with Gasteiger partial charge in [0, 0.05) is 39.1 Å². The van der Waals surface area contributed by atoms with Gasteiger partial charge in [-0.2, -0.15) is 0 Å². The van der Waals surface area contributed by atoms with Crippen molar-refractivity contribution in [1.29, 1.82) is 0 Å². The molecule has 4 nitrogen and oxygen atoms in total. The standard InChI is InChI=1S/C30H20N3OP/c34-35(21-10-2-1-3-11-21,22-12-9-19-31-20-22)28-18-8-16-26-29(28)33-27-17-7-6-14-24(27)23-13-4-5-15-25(23)30(33)32-26/h1-20H. The van der Waals surface area contributed by atoms with E-state index >= 15 is 4.57 Å². The Kier molecular flexibility index (Phi) is 4.39. The van der Waals surface area contributed by atoms with Gasteiger partial charge in [0.05, 0.1) is 16.6 Å². The van der Waals surface area contributed by atoms with E-state index in [1.54, 1.807) is 12.4 Å². The zero-order chi connectivity index (χ0) is 23.4. The Labute approximate surface area is 201 Å². The summed E-state index contributed by atoms with van der Waals surface area (Å²) in [6, 6.07) is 36.2. The monoisotopic (exact) mass is 469 g/mol. The van der Waals surface area contributed by atoms with Crippen molar-refractivity contribution in [2.45, 2.75) is 0 Å². The predicted molar refractivity (Wildman–Crippen MR) is 145 cm³/mol. The number of fused-ring (bicyclic) bond motifs is 8. The van der Waals surface area contributed by atoms with Gasteiger partial charge in [0.2, 0.25) is 0 Å². The number of hydrogen-bond acceptors (Lipinski definition) is 3. The van der Waals surface area contributed by atoms with Gasteiger partial charge in [-0.1, -0.05) is 78.9 Å². The van der Waals surface area contributed by atoms with Crippen molar-refractivity contribution >= 4 is 61.4 Å². The molecule has 0 amide bonds. The molecule has 0 saturated carbocycles. The first-order valence-electron chi connectivity index (χ1n) is 11.5. The molecule has 4 aromatic carbocycles. The molecule has 0 radical (unpaired) electrons. The third-order valence-electron chi connectivity index (χ3n) is 6.73. The largest absolute Gasteiger partial charge is 0.308 e. The van der Waals surface area contributed by atoms with Gasteiger partial charge in [0.25, 0.3) is 0 Å². The Morgan fingerprint density at radius 3 is 2.14 bits per heavy atom. The maximum atomic E-state index is 15.3. The molecule has 166 valence electrons. The molecule has 1 unspecified atom stereocenters. The fourth-order valence-corrected chi connectivity index (χ4v) is 7.97. The summed E-state index contributed by atoms with van der Waals surface area (Å²) in [7, 11) is -3.25. The first-order chi connectivity index (χ1) is 17.3. The average molecular weight is 469 g/mol. The summed E-state index contributed by atoms with van der Waals surface area (Å²) in [4.78, 5) is 9.41. The molecule has 7 aromatic rings. The second-order valence-corrected chi connectivity index (χ2v) is 11.4. The Balaban J connectivity index is 1.72. The Bertz CT molecular complexity index is 1880. The molecule has 0 aliphatic rings. The molecule has 7 rings (SSSR count). The van der Waals surface area contributed by atoms with E-state index in [2.05, 4.69) is 45.8 Å². The molecule has 0 spiro atoms. The van der Waals surface area contributed by atoms with Crippen LogP contribution in [-0.4, -0.2) is 14.4 Å². The Hall–Kier alpha value is -4.27. The van der Waals surface area contributed by atoms with Crippen molar-refractivity contribution in [2.75, 3.05) is 0 Å². The highest BCUT2D eigenvalue weighted by Crippen LogP contribution is 2.45. The maximum Gasteiger partial charge on any atom is 0.174 e. The van der Waals surface area contributed by atoms with Gasteiger partial charge in [-0.05, 0) is 35.7 Å². The summed E-state index contributed by atoms with van der Waals surface area (Å²) < 4.78 is 17.5. The summed E-state index contributed by atoms with van der Waals surface area (Å²) in [5.74, 6) is 0. The first kappa shape index (κ1) is 20.1. The molecular weight excluding hydrogens is 449 g/mol. The molecule has 0 aliphatic heterocycles. The third-order valence-corrected chi connectivity index (χ3v) is 9.78. The van der Waals surface area contributed by atoms with Gasteiger partial charge < -0.3 is 4.57 Å². The number of imidazole rings is 1. The molecule has 0 bridgehead atoms. The zero-order valence-corrected chi connectivity index (χ0v) is 19.6. The summed E-state index contributed by atoms with van der Waals surface area (Å²) in [6.45, 7) is 0. The van der Waals surface area contributed by atoms with Crippen molar-refractivity contribution in [3.05, 3.63) is 122 Å². The van der Waals surface area contributed by atoms with Crippen LogP contribution in [0.4, 0.5) is 0 Å². The summed E-state index contributed by atoms with van der Waals surface area (Å²) >= 11 is 0. The SMILES string of the molecule is O=P(c1ccccc1)(c1cccnc1)c1cccc2nc3c4ccccc4c4ccccc4n3c12. The topological polar surface area (TPSA) is 47.3 Å². The number of aromatic nitrogens is 3. The van der Waals surface area contributed by atoms with E-state index in [-0.39, 0.29) is 0 Å². The van der Waals surface area contributed by atoms with E-state index in [4.69, 9.17) is 4.98 Å². The molecule has 0 N–H and O–H groups in total. The van der Waals surface area contributed by atoms with E-state index in [1.165, 1.54) is 0 Å². The van der Waals surface area contributed by atoms with Crippen LogP contribution in [0.1, 0.15) is 0 Å². The number of benzene rings is 4. The second kappa shape index (κ2) is 7.63. The van der Waals surface area contributed by atoms with Gasteiger partial charge in [-0.15, -0.1) is 0 Å². The molecule has 0 fully saturated rings. The summed E-state index contributed by atoms with van der Waals surface area (Å²) in [5, 5.41) is 5.62. The van der Waals surface area contributed by atoms with Crippen LogP contribution in [0.15, 0.2) is 122 Å². The van der Waals surface area contributed by atoms with Crippen molar-refractivity contribution < 1.29 is 4.57 Å². The van der Waals surface area contributed by atoms with Crippen molar-refractivity contribution in [2.24, 2.45) is 0 Å². The van der Waals surface area contributed by atoms with Crippen LogP contribution in [0.2, 0.25) is 0 Å². The van der Waals surface area contributed by atoms with Gasteiger partial charge in [0.15, 0.2) is 7.14 Å². The minimum atomic E-state index is -3.25. The lowest BCUT2D eigenvalue weighted by molar-refractivity contribution is 0.592. The molecule has 0 saturated heterocycles. The van der Waals surface area contributed by atoms with Crippen molar-refractivity contribution in [3.8, 4) is 0 Å². The highest BCUT2D eigenvalue weighted by molar-refractivity contribution is 7.85. The lowest BCUT2D eigenvalue weighted by Gasteiger charge is -2.21. The quantitative estimate of drug-likeness (QED) is 0.242. The summed E-state index contributed by atoms with van der Waals surface area (Å²) in [5.41, 5.74) is 3.61. The summed E-state index contributed by atoms with van der Waals surface area (Å²) in [6.07, 6.45) is 3.44. The minimum absolute atomic E-state index is 0.707. The second-order valence-electron chi connectivity index (χ2n) is 8.63. The van der Waals surface area contributed by atoms with Gasteiger partial charge in [0.1, 0.15) is 5.65 Å². The molecule has 5 heteroatoms. The zero-order valence-electron chi connectivity index (χ0n) is 18.7. The fourth-order valence-electron chi connectivity index (χ4n) is 5.19. The molecule has 1 atom stereocenters. The predicted octanol–water partition coefficient (Wildman–Crippen LogP) is 5.83. The molecular formula is C30H20N3OP. The lowest BCUT2D eigenvalue weighted by Crippen LogP contribution is -2.26. The van der Waals surface area contributed by atoms with Gasteiger partial charge >= 0.3 is 0 Å². The number of nitrogens with zero attached hydrogens (tertiary/aromatic N) is 3. The van der Waals surface area contributed by atoms with Crippen molar-refractivity contribution in [1.82, 2.24) is 14.4 Å². The van der Waals surface area contributed by atoms with Crippen LogP contribution in [-0.2, 0) is 4.57 Å². The first-order valence-corrected chi connectivity index (χ1v) is 13.2. The minimum Gasteiger partial charge on any atom is -0.308 e. The lowest BCUT2D eigenvalue weighted by atomic mass is 10.1. The van der Waals surface area contributed by atoms with Crippen LogP contribution in [0, 0.1) is 0 Å². The van der Waals surface area contributed by atoms with Crippen molar-refractivity contribution in [3.63, 3.8) is 0 Å². The average Bonchev–Trinajstić information content (AvgIpc) is 3.34. The highest BCUT2D eigenvalue weighted by atomic mass is 31.2. The van der Waals surface area contributed by atoms with Crippen LogP contribution in [0.25, 0.3) is 38.4 Å². The molecule has 3 aromatic heterocycles. The number of para-hydroxylation sites is 2. The van der Waals surface area contributed by atoms with Crippen LogP contribution in [0.3, 0.4) is 0 Å². The third kappa shape index (κ3) is 2.84. The van der Waals surface area contributed by atoms with Crippen LogP contribution in [0.5, 0.6) is 0 Å². The number of hydrogen-bond donors (Lipinski definition) is 0. The van der Waals surface area contributed by atoms with E-state index in [0.29, 0.717) is 5.30 Å². The Morgan fingerprint density at radius 1 is 0.629 bits per heavy atom.